The standard InChI is InChI=1S/C10H3Cl2N3O2S/c11-4-2-5(12)8-9(15-18-14-8)7(4)3-1-6(16)13-10(3)17/h1-2H,(H,13,16,17). The van der Waals surface area contributed by atoms with Crippen LogP contribution < -0.4 is 5.32 Å². The summed E-state index contributed by atoms with van der Waals surface area (Å²) in [6.07, 6.45) is 1.19. The van der Waals surface area contributed by atoms with Gasteiger partial charge in [-0.1, -0.05) is 23.2 Å². The lowest BCUT2D eigenvalue weighted by Gasteiger charge is -2.08. The molecule has 2 aliphatic rings. The van der Waals surface area contributed by atoms with Gasteiger partial charge in [0.1, 0.15) is 11.4 Å². The molecule has 90 valence electrons. The summed E-state index contributed by atoms with van der Waals surface area (Å²) in [6.45, 7) is 0. The third kappa shape index (κ3) is 1.61. The molecule has 5 nitrogen and oxygen atoms in total. The molecule has 0 unspecified atom stereocenters. The second-order valence-corrected chi connectivity index (χ2v) is 4.90. The molecule has 8 heteroatoms. The molecule has 0 spiro atoms. The van der Waals surface area contributed by atoms with Crippen LogP contribution in [0, 0.1) is 0 Å². The zero-order chi connectivity index (χ0) is 12.9. The minimum Gasteiger partial charge on any atom is -0.289 e. The van der Waals surface area contributed by atoms with Gasteiger partial charge in [-0.2, -0.15) is 8.73 Å². The second-order valence-electron chi connectivity index (χ2n) is 3.55. The smallest absolute Gasteiger partial charge is 0.259 e. The molecule has 0 bridgehead atoms. The molecule has 2 aliphatic heterocycles. The number of halogens is 2. The van der Waals surface area contributed by atoms with Crippen molar-refractivity contribution in [3.05, 3.63) is 27.8 Å². The Morgan fingerprint density at radius 1 is 1.11 bits per heavy atom. The van der Waals surface area contributed by atoms with E-state index >= 15 is 0 Å². The Hall–Kier alpha value is -1.50. The number of carbonyl (C=O) groups is 2. The Balaban J connectivity index is 2.29. The van der Waals surface area contributed by atoms with Crippen molar-refractivity contribution in [2.45, 2.75) is 0 Å². The van der Waals surface area contributed by atoms with E-state index in [-0.39, 0.29) is 10.6 Å². The number of rotatable bonds is 1. The highest BCUT2D eigenvalue weighted by Gasteiger charge is 2.29. The van der Waals surface area contributed by atoms with Gasteiger partial charge in [-0.25, -0.2) is 0 Å². The highest BCUT2D eigenvalue weighted by atomic mass is 35.5. The zero-order valence-electron chi connectivity index (χ0n) is 8.53. The molecule has 18 heavy (non-hydrogen) atoms. The van der Waals surface area contributed by atoms with E-state index < -0.39 is 11.8 Å². The summed E-state index contributed by atoms with van der Waals surface area (Å²) in [5, 5.41) is 2.78. The maximum Gasteiger partial charge on any atom is 0.259 e. The van der Waals surface area contributed by atoms with E-state index in [2.05, 4.69) is 14.0 Å². The average Bonchev–Trinajstić information content (AvgIpc) is 2.87. The Labute approximate surface area is 115 Å². The van der Waals surface area contributed by atoms with Gasteiger partial charge in [0.25, 0.3) is 11.8 Å². The molecule has 0 aliphatic carbocycles. The summed E-state index contributed by atoms with van der Waals surface area (Å²) >= 11 is 13.0. The van der Waals surface area contributed by atoms with E-state index in [1.165, 1.54) is 12.1 Å². The van der Waals surface area contributed by atoms with Crippen LogP contribution in [0.5, 0.6) is 0 Å². The summed E-state index contributed by atoms with van der Waals surface area (Å²) in [4.78, 5) is 22.8. The number of hydrogen-bond acceptors (Lipinski definition) is 4. The molecule has 0 fully saturated rings. The average molecular weight is 300 g/mol. The second kappa shape index (κ2) is 4.01. The van der Waals surface area contributed by atoms with Crippen LogP contribution in [0.2, 0.25) is 10.0 Å². The maximum absolute atomic E-state index is 11.7. The molecule has 3 rings (SSSR count). The molecular weight excluding hydrogens is 297 g/mol. The van der Waals surface area contributed by atoms with Gasteiger partial charge >= 0.3 is 0 Å². The van der Waals surface area contributed by atoms with E-state index in [0.29, 0.717) is 22.0 Å². The third-order valence-corrected chi connectivity index (χ3v) is 3.58. The maximum atomic E-state index is 11.7. The molecule has 1 N–H and O–H groups in total. The number of benzene rings is 1. The van der Waals surface area contributed by atoms with Crippen molar-refractivity contribution in [2.24, 2.45) is 8.73 Å². The first-order valence-corrected chi connectivity index (χ1v) is 6.24. The Bertz CT molecular complexity index is 720. The Morgan fingerprint density at radius 3 is 2.50 bits per heavy atom. The monoisotopic (exact) mass is 299 g/mol. The molecule has 0 saturated carbocycles. The van der Waals surface area contributed by atoms with Crippen LogP contribution in [0.3, 0.4) is 0 Å². The Kier molecular flexibility index (Phi) is 2.58. The molecule has 0 saturated heterocycles. The van der Waals surface area contributed by atoms with Crippen molar-refractivity contribution in [3.8, 4) is 0 Å². The lowest BCUT2D eigenvalue weighted by Crippen LogP contribution is -2.21. The fraction of sp³-hybridized carbons (Fsp3) is 0. The summed E-state index contributed by atoms with van der Waals surface area (Å²) in [5.74, 6) is -0.976. The van der Waals surface area contributed by atoms with Crippen LogP contribution in [-0.2, 0) is 20.9 Å². The van der Waals surface area contributed by atoms with Crippen LogP contribution in [-0.4, -0.2) is 11.8 Å². The third-order valence-electron chi connectivity index (χ3n) is 2.47. The normalized spacial score (nSPS) is 16.4. The van der Waals surface area contributed by atoms with Crippen LogP contribution >= 0.6 is 23.2 Å². The highest BCUT2D eigenvalue weighted by molar-refractivity contribution is 7.58. The molecule has 1 aromatic carbocycles. The summed E-state index contributed by atoms with van der Waals surface area (Å²) < 4.78 is 8.11. The van der Waals surface area contributed by atoms with Gasteiger partial charge in [0.05, 0.1) is 27.0 Å². The molecule has 0 atom stereocenters. The van der Waals surface area contributed by atoms with E-state index in [1.54, 1.807) is 0 Å². The van der Waals surface area contributed by atoms with Crippen molar-refractivity contribution in [1.82, 2.24) is 5.32 Å². The molecule has 0 radical (unpaired) electrons. The molecule has 2 heterocycles. The SMILES string of the molecule is O=C1C=C(c2c(Cl)cc(Cl)c3c2N=S=N3)C(=O)N1. The van der Waals surface area contributed by atoms with Crippen LogP contribution in [0.4, 0.5) is 11.4 Å². The first-order chi connectivity index (χ1) is 8.58. The zero-order valence-corrected chi connectivity index (χ0v) is 10.9. The predicted octanol–water partition coefficient (Wildman–Crippen LogP) is 2.76. The van der Waals surface area contributed by atoms with Crippen molar-refractivity contribution >= 4 is 63.3 Å². The minimum absolute atomic E-state index is 0.180. The number of nitrogens with one attached hydrogen (secondary N) is 1. The predicted molar refractivity (Wildman–Crippen MR) is 69.1 cm³/mol. The summed E-state index contributed by atoms with van der Waals surface area (Å²) in [7, 11) is 0. The number of fused-ring (bicyclic) bond motifs is 1. The first kappa shape index (κ1) is 11.6. The lowest BCUT2D eigenvalue weighted by molar-refractivity contribution is -0.123. The van der Waals surface area contributed by atoms with E-state index in [0.717, 1.165) is 11.4 Å². The van der Waals surface area contributed by atoms with Crippen molar-refractivity contribution < 1.29 is 9.59 Å². The van der Waals surface area contributed by atoms with Gasteiger partial charge in [0.2, 0.25) is 0 Å². The van der Waals surface area contributed by atoms with Crippen molar-refractivity contribution in [2.75, 3.05) is 0 Å². The fourth-order valence-corrected chi connectivity index (χ4v) is 2.94. The quantitative estimate of drug-likeness (QED) is 0.823. The topological polar surface area (TPSA) is 70.9 Å². The van der Waals surface area contributed by atoms with Gasteiger partial charge in [-0.05, 0) is 6.07 Å². The molecular formula is C10H3Cl2N3O2S. The molecule has 0 aromatic heterocycles. The van der Waals surface area contributed by atoms with Gasteiger partial charge < -0.3 is 0 Å². The number of hydrogen-bond donors (Lipinski definition) is 1. The lowest BCUT2D eigenvalue weighted by atomic mass is 10.0. The van der Waals surface area contributed by atoms with Crippen LogP contribution in [0.1, 0.15) is 5.56 Å². The molecule has 1 aromatic rings. The summed E-state index contributed by atoms with van der Waals surface area (Å²) in [5.41, 5.74) is 1.45. The van der Waals surface area contributed by atoms with E-state index in [9.17, 15) is 9.59 Å². The van der Waals surface area contributed by atoms with Gasteiger partial charge in [0, 0.05) is 11.6 Å². The van der Waals surface area contributed by atoms with Crippen molar-refractivity contribution in [3.63, 3.8) is 0 Å². The highest BCUT2D eigenvalue weighted by Crippen LogP contribution is 2.47. The van der Waals surface area contributed by atoms with Crippen LogP contribution in [0.15, 0.2) is 20.9 Å². The number of amides is 2. The van der Waals surface area contributed by atoms with Gasteiger partial charge in [-0.15, -0.1) is 0 Å². The number of carbonyl (C=O) groups excluding carboxylic acids is 2. The minimum atomic E-state index is -0.501. The van der Waals surface area contributed by atoms with Gasteiger partial charge in [-0.3, -0.25) is 14.9 Å². The Morgan fingerprint density at radius 2 is 1.83 bits per heavy atom. The van der Waals surface area contributed by atoms with Crippen LogP contribution in [0.25, 0.3) is 5.57 Å². The number of nitrogens with zero attached hydrogens (tertiary/aromatic N) is 2. The summed E-state index contributed by atoms with van der Waals surface area (Å²) in [6, 6.07) is 1.49. The molecule has 2 amide bonds. The van der Waals surface area contributed by atoms with E-state index in [4.69, 9.17) is 23.2 Å². The van der Waals surface area contributed by atoms with Gasteiger partial charge in [0.15, 0.2) is 0 Å². The fourth-order valence-electron chi connectivity index (χ4n) is 1.73. The van der Waals surface area contributed by atoms with Crippen molar-refractivity contribution in [1.29, 1.82) is 0 Å². The first-order valence-electron chi connectivity index (χ1n) is 4.75. The van der Waals surface area contributed by atoms with E-state index in [1.807, 2.05) is 0 Å². The largest absolute Gasteiger partial charge is 0.289 e. The number of imide groups is 1.